The molecular weight excluding hydrogens is 560 g/mol. The van der Waals surface area contributed by atoms with Crippen molar-refractivity contribution in [1.29, 1.82) is 0 Å². The van der Waals surface area contributed by atoms with Crippen LogP contribution in [0, 0.1) is 0 Å². The van der Waals surface area contributed by atoms with Gasteiger partial charge in [-0.1, -0.05) is 64.7 Å². The Labute approximate surface area is 260 Å². The molecule has 3 aromatic rings. The highest BCUT2D eigenvalue weighted by Gasteiger charge is 2.20. The van der Waals surface area contributed by atoms with E-state index in [-0.39, 0.29) is 23.5 Å². The second-order valence-electron chi connectivity index (χ2n) is 10.6. The third-order valence-corrected chi connectivity index (χ3v) is 6.97. The molecule has 0 fully saturated rings. The first kappa shape index (κ1) is 34.2. The second-order valence-corrected chi connectivity index (χ2v) is 10.6. The summed E-state index contributed by atoms with van der Waals surface area (Å²) >= 11 is 0. The van der Waals surface area contributed by atoms with Gasteiger partial charge in [0, 0.05) is 18.0 Å². The lowest BCUT2D eigenvalue weighted by atomic mass is 10.1. The molecule has 44 heavy (non-hydrogen) atoms. The van der Waals surface area contributed by atoms with Crippen LogP contribution in [-0.4, -0.2) is 47.2 Å². The summed E-state index contributed by atoms with van der Waals surface area (Å²) in [6.45, 7) is 6.24. The van der Waals surface area contributed by atoms with Gasteiger partial charge < -0.3 is 18.9 Å². The molecule has 0 radical (unpaired) electrons. The van der Waals surface area contributed by atoms with Crippen LogP contribution in [0.4, 0.5) is 0 Å². The quantitative estimate of drug-likeness (QED) is 0.0769. The third-order valence-electron chi connectivity index (χ3n) is 6.97. The molecule has 1 aromatic heterocycles. The van der Waals surface area contributed by atoms with Crippen molar-refractivity contribution in [2.75, 3.05) is 13.2 Å². The minimum atomic E-state index is -1.03. The van der Waals surface area contributed by atoms with Crippen LogP contribution in [0.5, 0.6) is 11.5 Å². The van der Waals surface area contributed by atoms with Crippen LogP contribution < -0.4 is 9.47 Å². The summed E-state index contributed by atoms with van der Waals surface area (Å²) in [5.41, 5.74) is 1.18. The highest BCUT2D eigenvalue weighted by atomic mass is 16.6. The molecule has 1 atom stereocenters. The van der Waals surface area contributed by atoms with Gasteiger partial charge in [0.1, 0.15) is 11.5 Å². The van der Waals surface area contributed by atoms with E-state index >= 15 is 0 Å². The molecule has 0 aliphatic heterocycles. The fourth-order valence-electron chi connectivity index (χ4n) is 4.42. The summed E-state index contributed by atoms with van der Waals surface area (Å²) < 4.78 is 21.2. The third kappa shape index (κ3) is 11.8. The van der Waals surface area contributed by atoms with Crippen molar-refractivity contribution in [1.82, 2.24) is 9.97 Å². The van der Waals surface area contributed by atoms with Gasteiger partial charge in [0.15, 0.2) is 11.9 Å². The van der Waals surface area contributed by atoms with Gasteiger partial charge in [0.2, 0.25) is 0 Å². The number of aromatic nitrogens is 2. The maximum Gasteiger partial charge on any atom is 0.347 e. The number of nitrogens with zero attached hydrogens (tertiary/aromatic N) is 2. The van der Waals surface area contributed by atoms with Crippen molar-refractivity contribution in [3.8, 4) is 22.9 Å². The lowest BCUT2D eigenvalue weighted by Crippen LogP contribution is -2.26. The molecule has 0 aliphatic carbocycles. The maximum atomic E-state index is 12.6. The van der Waals surface area contributed by atoms with Gasteiger partial charge >= 0.3 is 17.9 Å². The first-order valence-electron chi connectivity index (χ1n) is 15.7. The average molecular weight is 605 g/mol. The molecule has 1 unspecified atom stereocenters. The van der Waals surface area contributed by atoms with Gasteiger partial charge in [-0.3, -0.25) is 0 Å². The van der Waals surface area contributed by atoms with E-state index < -0.39 is 24.0 Å². The number of carbonyl (C=O) groups is 3. The van der Waals surface area contributed by atoms with Gasteiger partial charge in [-0.15, -0.1) is 0 Å². The molecule has 9 nitrogen and oxygen atoms in total. The normalized spacial score (nSPS) is 11.4. The van der Waals surface area contributed by atoms with Crippen LogP contribution in [0.3, 0.4) is 0 Å². The fourth-order valence-corrected chi connectivity index (χ4v) is 4.42. The molecule has 3 rings (SSSR count). The monoisotopic (exact) mass is 604 g/mol. The molecule has 9 heteroatoms. The average Bonchev–Trinajstić information content (AvgIpc) is 3.04. The minimum absolute atomic E-state index is 0.178. The van der Waals surface area contributed by atoms with Crippen LogP contribution in [0.15, 0.2) is 60.9 Å². The number of benzene rings is 2. The Kier molecular flexibility index (Phi) is 14.9. The van der Waals surface area contributed by atoms with Crippen LogP contribution in [0.1, 0.15) is 106 Å². The van der Waals surface area contributed by atoms with E-state index in [0.717, 1.165) is 17.7 Å². The lowest BCUT2D eigenvalue weighted by Gasteiger charge is -2.12. The van der Waals surface area contributed by atoms with E-state index in [1.807, 2.05) is 24.3 Å². The number of ether oxygens (including phenoxy) is 4. The lowest BCUT2D eigenvalue weighted by molar-refractivity contribution is -0.152. The molecule has 0 spiro atoms. The van der Waals surface area contributed by atoms with Crippen molar-refractivity contribution in [3.63, 3.8) is 0 Å². The summed E-state index contributed by atoms with van der Waals surface area (Å²) in [5.74, 6) is -0.456. The van der Waals surface area contributed by atoms with Gasteiger partial charge in [-0.25, -0.2) is 24.4 Å². The van der Waals surface area contributed by atoms with Gasteiger partial charge in [-0.2, -0.15) is 0 Å². The first-order chi connectivity index (χ1) is 21.4. The molecule has 0 aliphatic rings. The zero-order valence-electron chi connectivity index (χ0n) is 26.1. The molecule has 0 bridgehead atoms. The molecule has 2 aromatic carbocycles. The maximum absolute atomic E-state index is 12.6. The number of esters is 3. The first-order valence-corrected chi connectivity index (χ1v) is 15.7. The summed E-state index contributed by atoms with van der Waals surface area (Å²) in [5, 5.41) is 0. The highest BCUT2D eigenvalue weighted by Crippen LogP contribution is 2.21. The Morgan fingerprint density at radius 2 is 1.25 bits per heavy atom. The van der Waals surface area contributed by atoms with Crippen molar-refractivity contribution in [2.24, 2.45) is 0 Å². The summed E-state index contributed by atoms with van der Waals surface area (Å²) in [4.78, 5) is 45.1. The molecule has 0 amide bonds. The molecule has 0 saturated carbocycles. The Morgan fingerprint density at radius 3 is 1.84 bits per heavy atom. The fraction of sp³-hybridized carbons (Fsp3) is 0.457. The van der Waals surface area contributed by atoms with E-state index in [4.69, 9.17) is 18.9 Å². The summed E-state index contributed by atoms with van der Waals surface area (Å²) in [6.07, 6.45) is 14.7. The van der Waals surface area contributed by atoms with Gasteiger partial charge in [0.05, 0.1) is 24.3 Å². The van der Waals surface area contributed by atoms with E-state index in [2.05, 4.69) is 16.9 Å². The Balaban J connectivity index is 1.39. The molecule has 0 N–H and O–H groups in total. The predicted molar refractivity (Wildman–Crippen MR) is 168 cm³/mol. The summed E-state index contributed by atoms with van der Waals surface area (Å²) in [7, 11) is 0. The Hall–Kier alpha value is -4.27. The summed E-state index contributed by atoms with van der Waals surface area (Å²) in [6, 6.07) is 13.4. The SMILES string of the molecule is CCCCCCCCCCCCOc1ccc(-c2ncc(C(=O)Oc3ccc(C(=O)OC(C)C(=O)OCC)cc3)cn2)cc1. The largest absolute Gasteiger partial charge is 0.494 e. The van der Waals surface area contributed by atoms with Crippen LogP contribution in [-0.2, 0) is 14.3 Å². The van der Waals surface area contributed by atoms with Gasteiger partial charge in [0.25, 0.3) is 0 Å². The van der Waals surface area contributed by atoms with E-state index in [9.17, 15) is 14.4 Å². The molecule has 0 saturated heterocycles. The number of rotatable bonds is 19. The zero-order valence-corrected chi connectivity index (χ0v) is 26.1. The smallest absolute Gasteiger partial charge is 0.347 e. The second kappa shape index (κ2) is 19.1. The standard InChI is InChI=1S/C35H44N2O7/c1-4-6-7-8-9-10-11-12-13-14-23-42-30-19-15-27(16-20-30)32-36-24-29(25-37-32)35(40)44-31-21-17-28(18-22-31)34(39)43-26(3)33(38)41-5-2/h15-22,24-26H,4-14,23H2,1-3H3. The van der Waals surface area contributed by atoms with Crippen molar-refractivity contribution >= 4 is 17.9 Å². The van der Waals surface area contributed by atoms with Crippen molar-refractivity contribution in [2.45, 2.75) is 91.1 Å². The van der Waals surface area contributed by atoms with Crippen molar-refractivity contribution in [3.05, 3.63) is 72.1 Å². The van der Waals surface area contributed by atoms with Gasteiger partial charge in [-0.05, 0) is 68.8 Å². The number of hydrogen-bond acceptors (Lipinski definition) is 9. The number of carbonyl (C=O) groups excluding carboxylic acids is 3. The predicted octanol–water partition coefficient (Wildman–Crippen LogP) is 7.77. The van der Waals surface area contributed by atoms with Crippen LogP contribution >= 0.6 is 0 Å². The van der Waals surface area contributed by atoms with Crippen LogP contribution in [0.25, 0.3) is 11.4 Å². The highest BCUT2D eigenvalue weighted by molar-refractivity contribution is 5.92. The van der Waals surface area contributed by atoms with E-state index in [1.54, 1.807) is 6.92 Å². The minimum Gasteiger partial charge on any atom is -0.494 e. The van der Waals surface area contributed by atoms with E-state index in [0.29, 0.717) is 12.4 Å². The number of unbranched alkanes of at least 4 members (excludes halogenated alkanes) is 9. The Morgan fingerprint density at radius 1 is 0.682 bits per heavy atom. The van der Waals surface area contributed by atoms with Crippen LogP contribution in [0.2, 0.25) is 0 Å². The number of hydrogen-bond donors (Lipinski definition) is 0. The van der Waals surface area contributed by atoms with Crippen molar-refractivity contribution < 1.29 is 33.3 Å². The van der Waals surface area contributed by atoms with E-state index in [1.165, 1.54) is 101 Å². The Bertz CT molecular complexity index is 1290. The molecule has 1 heterocycles. The molecule has 236 valence electrons. The topological polar surface area (TPSA) is 114 Å². The zero-order chi connectivity index (χ0) is 31.6. The molecular formula is C35H44N2O7.